The number of ketones is 1. The topological polar surface area (TPSA) is 17.1 Å². The molecule has 1 aromatic rings. The summed E-state index contributed by atoms with van der Waals surface area (Å²) in [6.45, 7) is 1.95. The summed E-state index contributed by atoms with van der Waals surface area (Å²) in [5, 5.41) is 0. The Morgan fingerprint density at radius 1 is 1.36 bits per heavy atom. The molecule has 0 heterocycles. The van der Waals surface area contributed by atoms with E-state index in [1.54, 1.807) is 11.8 Å². The number of carbonyl (C=O) groups is 1. The Morgan fingerprint density at radius 2 is 2.00 bits per heavy atom. The zero-order valence-electron chi connectivity index (χ0n) is 8.32. The minimum absolute atomic E-state index is 0.0594. The van der Waals surface area contributed by atoms with Crippen molar-refractivity contribution in [1.82, 2.24) is 0 Å². The Morgan fingerprint density at radius 3 is 2.50 bits per heavy atom. The first-order valence-corrected chi connectivity index (χ1v) is 5.86. The third-order valence-electron chi connectivity index (χ3n) is 2.59. The van der Waals surface area contributed by atoms with E-state index in [0.717, 1.165) is 12.8 Å². The maximum Gasteiger partial charge on any atom is 0.148 e. The van der Waals surface area contributed by atoms with Gasteiger partial charge in [0.2, 0.25) is 0 Å². The summed E-state index contributed by atoms with van der Waals surface area (Å²) in [4.78, 5) is 12.9. The molecule has 2 rings (SSSR count). The molecule has 0 radical (unpaired) electrons. The zero-order chi connectivity index (χ0) is 10.0. The lowest BCUT2D eigenvalue weighted by Gasteiger charge is -2.11. The largest absolute Gasteiger partial charge is 0.298 e. The van der Waals surface area contributed by atoms with Crippen molar-refractivity contribution in [3.63, 3.8) is 0 Å². The Hall–Kier alpha value is -0.760. The van der Waals surface area contributed by atoms with E-state index in [1.807, 2.05) is 25.1 Å². The van der Waals surface area contributed by atoms with Crippen molar-refractivity contribution in [2.24, 2.45) is 0 Å². The van der Waals surface area contributed by atoms with Gasteiger partial charge < -0.3 is 0 Å². The summed E-state index contributed by atoms with van der Waals surface area (Å²) in [5.74, 6) is 0.409. The fourth-order valence-electron chi connectivity index (χ4n) is 1.59. The predicted octanol–water partition coefficient (Wildman–Crippen LogP) is 3.29. The molecular weight excluding hydrogens is 192 g/mol. The Bertz CT molecular complexity index is 327. The normalized spacial score (nSPS) is 17.8. The lowest BCUT2D eigenvalue weighted by atomic mass is 10.2. The molecule has 0 saturated heterocycles. The molecule has 0 aliphatic heterocycles. The summed E-state index contributed by atoms with van der Waals surface area (Å²) in [6, 6.07) is 10.2. The van der Waals surface area contributed by atoms with E-state index in [2.05, 4.69) is 12.1 Å². The van der Waals surface area contributed by atoms with Crippen LogP contribution >= 0.6 is 11.8 Å². The van der Waals surface area contributed by atoms with Crippen LogP contribution in [0.15, 0.2) is 35.2 Å². The Labute approximate surface area is 88.9 Å². The van der Waals surface area contributed by atoms with Gasteiger partial charge in [0.25, 0.3) is 0 Å². The van der Waals surface area contributed by atoms with Gasteiger partial charge in [-0.15, -0.1) is 11.8 Å². The van der Waals surface area contributed by atoms with Crippen LogP contribution in [0.1, 0.15) is 26.2 Å². The van der Waals surface area contributed by atoms with Crippen LogP contribution in [0.5, 0.6) is 0 Å². The highest BCUT2D eigenvalue weighted by molar-refractivity contribution is 8.01. The lowest BCUT2D eigenvalue weighted by molar-refractivity contribution is -0.118. The fourth-order valence-corrected chi connectivity index (χ4v) is 2.90. The van der Waals surface area contributed by atoms with Gasteiger partial charge in [-0.2, -0.15) is 0 Å². The van der Waals surface area contributed by atoms with Crippen LogP contribution in [-0.4, -0.2) is 10.5 Å². The molecule has 0 atom stereocenters. The second-order valence-corrected chi connectivity index (χ2v) is 5.14. The predicted molar refractivity (Wildman–Crippen MR) is 59.6 cm³/mol. The molecule has 74 valence electrons. The first-order chi connectivity index (χ1) is 6.77. The van der Waals surface area contributed by atoms with Gasteiger partial charge in [0, 0.05) is 11.3 Å². The number of Topliss-reactive ketones (excluding diaryl/α,β-unsaturated/α-hetero) is 1. The third kappa shape index (κ3) is 1.85. The number of hydrogen-bond acceptors (Lipinski definition) is 2. The van der Waals surface area contributed by atoms with Crippen molar-refractivity contribution < 1.29 is 4.79 Å². The van der Waals surface area contributed by atoms with Gasteiger partial charge in [0.1, 0.15) is 5.78 Å². The number of benzene rings is 1. The number of carbonyl (C=O) groups excluding carboxylic acids is 1. The molecule has 1 aromatic carbocycles. The van der Waals surface area contributed by atoms with Crippen molar-refractivity contribution in [3.8, 4) is 0 Å². The maximum absolute atomic E-state index is 11.7. The summed E-state index contributed by atoms with van der Waals surface area (Å²) >= 11 is 1.74. The summed E-state index contributed by atoms with van der Waals surface area (Å²) in [5.41, 5.74) is 0. The summed E-state index contributed by atoms with van der Waals surface area (Å²) in [6.07, 6.45) is 2.78. The van der Waals surface area contributed by atoms with E-state index < -0.39 is 0 Å². The summed E-state index contributed by atoms with van der Waals surface area (Å²) in [7, 11) is 0. The molecule has 0 bridgehead atoms. The first-order valence-electron chi connectivity index (χ1n) is 5.04. The van der Waals surface area contributed by atoms with E-state index in [1.165, 1.54) is 4.90 Å². The molecule has 2 heteroatoms. The van der Waals surface area contributed by atoms with E-state index >= 15 is 0 Å². The maximum atomic E-state index is 11.7. The number of thioether (sulfide) groups is 1. The van der Waals surface area contributed by atoms with Gasteiger partial charge in [0.05, 0.1) is 4.75 Å². The molecule has 1 aliphatic carbocycles. The van der Waals surface area contributed by atoms with Gasteiger partial charge in [-0.3, -0.25) is 4.79 Å². The second-order valence-electron chi connectivity index (χ2n) is 3.69. The second kappa shape index (κ2) is 3.77. The standard InChI is InChI=1S/C12H14OS/c1-2-11(13)12(8-9-12)14-10-6-4-3-5-7-10/h3-7H,2,8-9H2,1H3. The van der Waals surface area contributed by atoms with E-state index in [-0.39, 0.29) is 4.75 Å². The molecule has 1 nitrogen and oxygen atoms in total. The van der Waals surface area contributed by atoms with Gasteiger partial charge >= 0.3 is 0 Å². The van der Waals surface area contributed by atoms with Crippen LogP contribution in [0.3, 0.4) is 0 Å². The van der Waals surface area contributed by atoms with Crippen LogP contribution in [0.25, 0.3) is 0 Å². The first kappa shape index (κ1) is 9.78. The number of rotatable bonds is 4. The van der Waals surface area contributed by atoms with Crippen LogP contribution in [0, 0.1) is 0 Å². The van der Waals surface area contributed by atoms with E-state index in [9.17, 15) is 4.79 Å². The lowest BCUT2D eigenvalue weighted by Crippen LogP contribution is -2.16. The van der Waals surface area contributed by atoms with E-state index in [0.29, 0.717) is 12.2 Å². The van der Waals surface area contributed by atoms with Crippen LogP contribution < -0.4 is 0 Å². The SMILES string of the molecule is CCC(=O)C1(Sc2ccccc2)CC1. The van der Waals surface area contributed by atoms with E-state index in [4.69, 9.17) is 0 Å². The highest BCUT2D eigenvalue weighted by Crippen LogP contribution is 2.52. The van der Waals surface area contributed by atoms with Crippen LogP contribution in [0.2, 0.25) is 0 Å². The molecule has 0 amide bonds. The van der Waals surface area contributed by atoms with Crippen molar-refractivity contribution in [2.75, 3.05) is 0 Å². The average molecular weight is 206 g/mol. The molecule has 1 aliphatic rings. The Kier molecular flexibility index (Phi) is 2.64. The van der Waals surface area contributed by atoms with Gasteiger partial charge in [-0.05, 0) is 25.0 Å². The molecule has 1 saturated carbocycles. The average Bonchev–Trinajstić information content (AvgIpc) is 2.99. The minimum atomic E-state index is -0.0594. The molecular formula is C12H14OS. The van der Waals surface area contributed by atoms with Crippen molar-refractivity contribution in [2.45, 2.75) is 35.8 Å². The van der Waals surface area contributed by atoms with Crippen LogP contribution in [-0.2, 0) is 4.79 Å². The molecule has 0 N–H and O–H groups in total. The third-order valence-corrected chi connectivity index (χ3v) is 4.12. The van der Waals surface area contributed by atoms with Gasteiger partial charge in [-0.1, -0.05) is 25.1 Å². The molecule has 1 fully saturated rings. The highest BCUT2D eigenvalue weighted by atomic mass is 32.2. The number of hydrogen-bond donors (Lipinski definition) is 0. The monoisotopic (exact) mass is 206 g/mol. The molecule has 0 spiro atoms. The minimum Gasteiger partial charge on any atom is -0.298 e. The van der Waals surface area contributed by atoms with Crippen LogP contribution in [0.4, 0.5) is 0 Å². The van der Waals surface area contributed by atoms with Crippen molar-refractivity contribution in [3.05, 3.63) is 30.3 Å². The smallest absolute Gasteiger partial charge is 0.148 e. The van der Waals surface area contributed by atoms with Gasteiger partial charge in [-0.25, -0.2) is 0 Å². The molecule has 0 aromatic heterocycles. The van der Waals surface area contributed by atoms with Crippen molar-refractivity contribution in [1.29, 1.82) is 0 Å². The fraction of sp³-hybridized carbons (Fsp3) is 0.417. The zero-order valence-corrected chi connectivity index (χ0v) is 9.14. The molecule has 14 heavy (non-hydrogen) atoms. The van der Waals surface area contributed by atoms with Crippen molar-refractivity contribution >= 4 is 17.5 Å². The highest BCUT2D eigenvalue weighted by Gasteiger charge is 2.49. The summed E-state index contributed by atoms with van der Waals surface area (Å²) < 4.78 is -0.0594. The Balaban J connectivity index is 2.08. The molecule has 0 unspecified atom stereocenters. The quantitative estimate of drug-likeness (QED) is 0.752. The van der Waals surface area contributed by atoms with Gasteiger partial charge in [0.15, 0.2) is 0 Å².